The van der Waals surface area contributed by atoms with Gasteiger partial charge in [0.1, 0.15) is 5.65 Å². The smallest absolute Gasteiger partial charge is 0.211 e. The average molecular weight is 529 g/mol. The number of aromatic nitrogens is 4. The van der Waals surface area contributed by atoms with Crippen LogP contribution in [-0.4, -0.2) is 82.9 Å². The Balaban J connectivity index is 1.52. The Morgan fingerprint density at radius 2 is 2.03 bits per heavy atom. The van der Waals surface area contributed by atoms with Gasteiger partial charge < -0.3 is 19.7 Å². The van der Waals surface area contributed by atoms with Crippen molar-refractivity contribution in [2.24, 2.45) is 0 Å². The van der Waals surface area contributed by atoms with Crippen LogP contribution in [0.3, 0.4) is 0 Å². The Morgan fingerprint density at radius 3 is 2.78 bits per heavy atom. The quantitative estimate of drug-likeness (QED) is 0.414. The lowest BCUT2D eigenvalue weighted by atomic mass is 9.86. The summed E-state index contributed by atoms with van der Waals surface area (Å²) >= 11 is 1.53. The molecule has 2 aliphatic rings. The van der Waals surface area contributed by atoms with Crippen molar-refractivity contribution in [2.75, 3.05) is 44.0 Å². The zero-order valence-corrected chi connectivity index (χ0v) is 21.8. The molecule has 2 fully saturated rings. The van der Waals surface area contributed by atoms with Gasteiger partial charge in [0.05, 0.1) is 41.3 Å². The number of nitrogens with one attached hydrogen (secondary N) is 1. The molecule has 0 unspecified atom stereocenters. The highest BCUT2D eigenvalue weighted by Gasteiger charge is 2.39. The lowest BCUT2D eigenvalue weighted by Gasteiger charge is -2.37. The van der Waals surface area contributed by atoms with Gasteiger partial charge in [0, 0.05) is 48.5 Å². The first-order chi connectivity index (χ1) is 17.2. The molecule has 6 heterocycles. The number of ether oxygens (including phenoxy) is 1. The maximum atomic E-state index is 12.0. The maximum absolute atomic E-state index is 12.0. The Morgan fingerprint density at radius 1 is 1.22 bits per heavy atom. The minimum Gasteiger partial charge on any atom is -0.385 e. The zero-order valence-electron chi connectivity index (χ0n) is 20.1. The Hall–Kier alpha value is -2.64. The summed E-state index contributed by atoms with van der Waals surface area (Å²) in [6.07, 6.45) is 5.42. The maximum Gasteiger partial charge on any atom is 0.211 e. The normalized spacial score (nSPS) is 21.4. The summed E-state index contributed by atoms with van der Waals surface area (Å²) in [6, 6.07) is 4.02. The molecule has 6 rings (SSSR count). The van der Waals surface area contributed by atoms with Crippen molar-refractivity contribution in [3.63, 3.8) is 0 Å². The molecule has 0 amide bonds. The monoisotopic (exact) mass is 528 g/mol. The standard InChI is InChI=1S/C24H28N6O4S2/c1-15-13-34-12-11-30(15)23-20-19(27-22(28-23)17-4-8-26-21-16(17)3-7-25-21)18(14-35-20)24(31)5-9-29(10-6-24)36(2,32)33/h3-4,7-8,14-15,31H,5-6,9-13H2,1-2H3,(H,25,26)/t15-/m1/s1. The molecule has 2 saturated heterocycles. The van der Waals surface area contributed by atoms with Crippen LogP contribution < -0.4 is 4.90 Å². The van der Waals surface area contributed by atoms with E-state index in [2.05, 4.69) is 21.8 Å². The molecule has 190 valence electrons. The summed E-state index contributed by atoms with van der Waals surface area (Å²) in [5.41, 5.74) is 1.91. The molecule has 36 heavy (non-hydrogen) atoms. The van der Waals surface area contributed by atoms with E-state index in [4.69, 9.17) is 14.7 Å². The molecule has 0 aliphatic carbocycles. The van der Waals surface area contributed by atoms with Crippen LogP contribution in [0.5, 0.6) is 0 Å². The van der Waals surface area contributed by atoms with E-state index in [0.29, 0.717) is 38.4 Å². The van der Waals surface area contributed by atoms with Gasteiger partial charge in [-0.25, -0.2) is 27.7 Å². The van der Waals surface area contributed by atoms with E-state index in [-0.39, 0.29) is 19.1 Å². The predicted octanol–water partition coefficient (Wildman–Crippen LogP) is 2.70. The molecule has 1 atom stereocenters. The van der Waals surface area contributed by atoms with Crippen LogP contribution in [0.25, 0.3) is 32.6 Å². The Labute approximate surface area is 213 Å². The molecule has 0 aromatic carbocycles. The first kappa shape index (κ1) is 23.7. The van der Waals surface area contributed by atoms with Gasteiger partial charge in [-0.2, -0.15) is 0 Å². The van der Waals surface area contributed by atoms with Gasteiger partial charge in [0.15, 0.2) is 11.6 Å². The second kappa shape index (κ2) is 8.73. The van der Waals surface area contributed by atoms with Crippen LogP contribution in [0.1, 0.15) is 25.3 Å². The minimum absolute atomic E-state index is 0.140. The highest BCUT2D eigenvalue weighted by molar-refractivity contribution is 7.88. The summed E-state index contributed by atoms with van der Waals surface area (Å²) in [5, 5.41) is 14.6. The number of nitrogens with zero attached hydrogens (tertiary/aromatic N) is 5. The number of aromatic amines is 1. The number of anilines is 1. The molecule has 0 spiro atoms. The number of aliphatic hydroxyl groups is 1. The average Bonchev–Trinajstić information content (AvgIpc) is 3.51. The van der Waals surface area contributed by atoms with E-state index in [9.17, 15) is 13.5 Å². The van der Waals surface area contributed by atoms with Crippen molar-refractivity contribution >= 4 is 48.4 Å². The number of fused-ring (bicyclic) bond motifs is 2. The number of rotatable bonds is 4. The molecule has 4 aromatic heterocycles. The topological polar surface area (TPSA) is 125 Å². The van der Waals surface area contributed by atoms with Crippen LogP contribution in [0.15, 0.2) is 29.9 Å². The predicted molar refractivity (Wildman–Crippen MR) is 140 cm³/mol. The number of hydrogen-bond acceptors (Lipinski definition) is 9. The van der Waals surface area contributed by atoms with Crippen LogP contribution in [0, 0.1) is 0 Å². The number of piperidine rings is 1. The molecule has 2 N–H and O–H groups in total. The van der Waals surface area contributed by atoms with Crippen molar-refractivity contribution < 1.29 is 18.3 Å². The van der Waals surface area contributed by atoms with Gasteiger partial charge in [-0.15, -0.1) is 11.3 Å². The van der Waals surface area contributed by atoms with E-state index >= 15 is 0 Å². The molecule has 12 heteroatoms. The Bertz CT molecular complexity index is 1540. The number of H-pyrrole nitrogens is 1. The fourth-order valence-electron chi connectivity index (χ4n) is 5.20. The number of morpholine rings is 1. The molecule has 2 aliphatic heterocycles. The third-order valence-corrected chi connectivity index (χ3v) is 9.53. The third-order valence-electron chi connectivity index (χ3n) is 7.26. The van der Waals surface area contributed by atoms with Crippen molar-refractivity contribution in [3.8, 4) is 11.4 Å². The number of pyridine rings is 1. The van der Waals surface area contributed by atoms with Gasteiger partial charge >= 0.3 is 0 Å². The van der Waals surface area contributed by atoms with Crippen molar-refractivity contribution in [1.29, 1.82) is 0 Å². The number of sulfonamides is 1. The Kier molecular flexibility index (Phi) is 5.76. The first-order valence-corrected chi connectivity index (χ1v) is 14.7. The van der Waals surface area contributed by atoms with Crippen molar-refractivity contribution in [3.05, 3.63) is 35.5 Å². The zero-order chi connectivity index (χ0) is 25.1. The highest BCUT2D eigenvalue weighted by Crippen LogP contribution is 2.43. The van der Waals surface area contributed by atoms with Gasteiger partial charge in [-0.05, 0) is 37.3 Å². The van der Waals surface area contributed by atoms with Crippen LogP contribution in [0.4, 0.5) is 5.82 Å². The molecule has 0 radical (unpaired) electrons. The van der Waals surface area contributed by atoms with Crippen LogP contribution >= 0.6 is 11.3 Å². The summed E-state index contributed by atoms with van der Waals surface area (Å²) in [7, 11) is -3.30. The largest absolute Gasteiger partial charge is 0.385 e. The van der Waals surface area contributed by atoms with E-state index in [1.54, 1.807) is 6.20 Å². The molecule has 0 bridgehead atoms. The van der Waals surface area contributed by atoms with E-state index in [1.165, 1.54) is 21.9 Å². The molecule has 0 saturated carbocycles. The summed E-state index contributed by atoms with van der Waals surface area (Å²) in [6.45, 7) is 4.60. The van der Waals surface area contributed by atoms with Gasteiger partial charge in [-0.3, -0.25) is 0 Å². The molecular formula is C24H28N6O4S2. The SMILES string of the molecule is C[C@@H]1COCCN1c1nc(-c2ccnc3[nH]ccc23)nc2c(C3(O)CCN(S(C)(=O)=O)CC3)csc12. The summed E-state index contributed by atoms with van der Waals surface area (Å²) < 4.78 is 32.1. The van der Waals surface area contributed by atoms with Crippen LogP contribution in [0.2, 0.25) is 0 Å². The third kappa shape index (κ3) is 3.97. The van der Waals surface area contributed by atoms with Gasteiger partial charge in [0.25, 0.3) is 0 Å². The lowest BCUT2D eigenvalue weighted by molar-refractivity contribution is -0.00802. The fourth-order valence-corrected chi connectivity index (χ4v) is 7.15. The number of hydrogen-bond donors (Lipinski definition) is 2. The van der Waals surface area contributed by atoms with Crippen molar-refractivity contribution in [2.45, 2.75) is 31.4 Å². The highest BCUT2D eigenvalue weighted by atomic mass is 32.2. The first-order valence-electron chi connectivity index (χ1n) is 12.0. The van der Waals surface area contributed by atoms with E-state index in [1.807, 2.05) is 23.7 Å². The van der Waals surface area contributed by atoms with E-state index in [0.717, 1.165) is 38.2 Å². The fraction of sp³-hybridized carbons (Fsp3) is 0.458. The second-order valence-electron chi connectivity index (χ2n) is 9.61. The van der Waals surface area contributed by atoms with E-state index < -0.39 is 15.6 Å². The van der Waals surface area contributed by atoms with Gasteiger partial charge in [-0.1, -0.05) is 0 Å². The van der Waals surface area contributed by atoms with Crippen LogP contribution in [-0.2, 0) is 20.4 Å². The second-order valence-corrected chi connectivity index (χ2v) is 12.5. The summed E-state index contributed by atoms with van der Waals surface area (Å²) in [5.74, 6) is 1.40. The van der Waals surface area contributed by atoms with Gasteiger partial charge in [0.2, 0.25) is 10.0 Å². The van der Waals surface area contributed by atoms with Crippen molar-refractivity contribution in [1.82, 2.24) is 24.2 Å². The lowest BCUT2D eigenvalue weighted by Crippen LogP contribution is -2.45. The molecular weight excluding hydrogens is 500 g/mol. The molecule has 4 aromatic rings. The minimum atomic E-state index is -3.30. The summed E-state index contributed by atoms with van der Waals surface area (Å²) in [4.78, 5) is 19.9. The molecule has 10 nitrogen and oxygen atoms in total. The number of thiophene rings is 1.